The lowest BCUT2D eigenvalue weighted by Crippen LogP contribution is -2.15. The van der Waals surface area contributed by atoms with E-state index in [-0.39, 0.29) is 16.6 Å². The van der Waals surface area contributed by atoms with E-state index in [2.05, 4.69) is 20.0 Å². The summed E-state index contributed by atoms with van der Waals surface area (Å²) in [5.41, 5.74) is 2.29. The molecule has 1 aromatic heterocycles. The Bertz CT molecular complexity index is 1170. The van der Waals surface area contributed by atoms with Crippen molar-refractivity contribution in [2.75, 3.05) is 16.6 Å². The third kappa shape index (κ3) is 6.78. The van der Waals surface area contributed by atoms with Crippen molar-refractivity contribution in [2.45, 2.75) is 38.5 Å². The quantitative estimate of drug-likeness (QED) is 0.473. The van der Waals surface area contributed by atoms with Gasteiger partial charge in [0.1, 0.15) is 17.4 Å². The molecule has 1 heterocycles. The lowest BCUT2D eigenvalue weighted by molar-refractivity contribution is -0.116. The van der Waals surface area contributed by atoms with E-state index in [0.29, 0.717) is 36.7 Å². The Morgan fingerprint density at radius 3 is 2.44 bits per heavy atom. The SMILES string of the molecule is Cc1cccc(OCCCC(=O)Nc2ccc(S(=O)(=O)Nc3cc(C)nc(C)n3)cc2)c1. The lowest BCUT2D eigenvalue weighted by Gasteiger charge is -2.10. The second kappa shape index (κ2) is 10.2. The molecule has 0 unspecified atom stereocenters. The number of aromatic nitrogens is 2. The van der Waals surface area contributed by atoms with Crippen molar-refractivity contribution in [3.63, 3.8) is 0 Å². The van der Waals surface area contributed by atoms with Crippen LogP contribution in [0.25, 0.3) is 0 Å². The Kier molecular flexibility index (Phi) is 7.42. The fourth-order valence-electron chi connectivity index (χ4n) is 3.03. The second-order valence-corrected chi connectivity index (χ2v) is 9.07. The van der Waals surface area contributed by atoms with Gasteiger partial charge in [-0.2, -0.15) is 0 Å². The van der Waals surface area contributed by atoms with E-state index in [4.69, 9.17) is 4.74 Å². The third-order valence-electron chi connectivity index (χ3n) is 4.46. The minimum atomic E-state index is -3.81. The average molecular weight is 455 g/mol. The smallest absolute Gasteiger partial charge is 0.263 e. The number of benzene rings is 2. The minimum Gasteiger partial charge on any atom is -0.494 e. The van der Waals surface area contributed by atoms with Gasteiger partial charge in [0, 0.05) is 23.9 Å². The van der Waals surface area contributed by atoms with Gasteiger partial charge in [0.2, 0.25) is 5.91 Å². The summed E-state index contributed by atoms with van der Waals surface area (Å²) in [6.45, 7) is 5.88. The van der Waals surface area contributed by atoms with Gasteiger partial charge in [-0.1, -0.05) is 12.1 Å². The Hall–Kier alpha value is -3.46. The Balaban J connectivity index is 1.50. The first kappa shape index (κ1) is 23.2. The highest BCUT2D eigenvalue weighted by atomic mass is 32.2. The summed E-state index contributed by atoms with van der Waals surface area (Å²) in [5, 5.41) is 2.76. The molecule has 0 bridgehead atoms. The summed E-state index contributed by atoms with van der Waals surface area (Å²) in [6.07, 6.45) is 0.855. The molecule has 0 fully saturated rings. The number of nitrogens with zero attached hydrogens (tertiary/aromatic N) is 2. The molecule has 3 aromatic rings. The molecule has 9 heteroatoms. The number of sulfonamides is 1. The lowest BCUT2D eigenvalue weighted by atomic mass is 10.2. The predicted octanol–water partition coefficient (Wildman–Crippen LogP) is 4.00. The summed E-state index contributed by atoms with van der Waals surface area (Å²) in [5.74, 6) is 1.30. The molecular weight excluding hydrogens is 428 g/mol. The van der Waals surface area contributed by atoms with Gasteiger partial charge in [0.25, 0.3) is 10.0 Å². The molecule has 0 aliphatic carbocycles. The molecule has 8 nitrogen and oxygen atoms in total. The van der Waals surface area contributed by atoms with Crippen LogP contribution in [-0.2, 0) is 14.8 Å². The van der Waals surface area contributed by atoms with Crippen LogP contribution in [0.15, 0.2) is 59.5 Å². The highest BCUT2D eigenvalue weighted by molar-refractivity contribution is 7.92. The molecule has 32 heavy (non-hydrogen) atoms. The van der Waals surface area contributed by atoms with Gasteiger partial charge in [-0.05, 0) is 69.2 Å². The summed E-state index contributed by atoms with van der Waals surface area (Å²) >= 11 is 0. The second-order valence-electron chi connectivity index (χ2n) is 7.39. The van der Waals surface area contributed by atoms with Crippen LogP contribution in [0.5, 0.6) is 5.75 Å². The number of amides is 1. The normalized spacial score (nSPS) is 11.1. The Morgan fingerprint density at radius 2 is 1.75 bits per heavy atom. The summed E-state index contributed by atoms with van der Waals surface area (Å²) in [6, 6.07) is 15.2. The maximum absolute atomic E-state index is 12.6. The topological polar surface area (TPSA) is 110 Å². The first-order valence-corrected chi connectivity index (χ1v) is 11.6. The molecule has 168 valence electrons. The van der Waals surface area contributed by atoms with Crippen molar-refractivity contribution in [3.05, 3.63) is 71.7 Å². The zero-order valence-corrected chi connectivity index (χ0v) is 19.1. The van der Waals surface area contributed by atoms with Gasteiger partial charge in [0.05, 0.1) is 11.5 Å². The van der Waals surface area contributed by atoms with E-state index in [1.165, 1.54) is 12.1 Å². The summed E-state index contributed by atoms with van der Waals surface area (Å²) in [7, 11) is -3.81. The monoisotopic (exact) mass is 454 g/mol. The zero-order valence-electron chi connectivity index (χ0n) is 18.3. The number of ether oxygens (including phenoxy) is 1. The first-order valence-electron chi connectivity index (χ1n) is 10.2. The molecule has 0 saturated carbocycles. The van der Waals surface area contributed by atoms with Crippen LogP contribution in [-0.4, -0.2) is 30.9 Å². The molecule has 0 saturated heterocycles. The van der Waals surface area contributed by atoms with Crippen molar-refractivity contribution >= 4 is 27.4 Å². The van der Waals surface area contributed by atoms with Gasteiger partial charge < -0.3 is 10.1 Å². The molecule has 0 spiro atoms. The molecule has 0 radical (unpaired) electrons. The summed E-state index contributed by atoms with van der Waals surface area (Å²) < 4.78 is 33.3. The van der Waals surface area contributed by atoms with Gasteiger partial charge in [-0.15, -0.1) is 0 Å². The van der Waals surface area contributed by atoms with Crippen LogP contribution in [0.1, 0.15) is 29.9 Å². The Morgan fingerprint density at radius 1 is 1.00 bits per heavy atom. The molecule has 3 rings (SSSR count). The largest absolute Gasteiger partial charge is 0.494 e. The molecule has 0 aliphatic heterocycles. The van der Waals surface area contributed by atoms with Crippen LogP contribution >= 0.6 is 0 Å². The number of aryl methyl sites for hydroxylation is 3. The molecule has 0 aliphatic rings. The molecule has 2 N–H and O–H groups in total. The standard InChI is InChI=1S/C23H26N4O4S/c1-16-6-4-7-20(14-16)31-13-5-8-23(28)26-19-9-11-21(12-10-19)32(29,30)27-22-15-17(2)24-18(3)25-22/h4,6-7,9-12,14-15H,5,8,13H2,1-3H3,(H,26,28)(H,24,25,27). The van der Waals surface area contributed by atoms with Crippen molar-refractivity contribution in [3.8, 4) is 5.75 Å². The number of carbonyl (C=O) groups excluding carboxylic acids is 1. The van der Waals surface area contributed by atoms with E-state index in [0.717, 1.165) is 11.3 Å². The average Bonchev–Trinajstić information content (AvgIpc) is 2.70. The van der Waals surface area contributed by atoms with Gasteiger partial charge in [-0.25, -0.2) is 18.4 Å². The van der Waals surface area contributed by atoms with E-state index in [9.17, 15) is 13.2 Å². The van der Waals surface area contributed by atoms with Crippen LogP contribution in [0.2, 0.25) is 0 Å². The van der Waals surface area contributed by atoms with Gasteiger partial charge >= 0.3 is 0 Å². The molecule has 2 aromatic carbocycles. The fourth-order valence-corrected chi connectivity index (χ4v) is 4.03. The van der Waals surface area contributed by atoms with E-state index < -0.39 is 10.0 Å². The van der Waals surface area contributed by atoms with E-state index in [1.54, 1.807) is 32.0 Å². The van der Waals surface area contributed by atoms with Crippen molar-refractivity contribution in [1.29, 1.82) is 0 Å². The number of nitrogens with one attached hydrogen (secondary N) is 2. The molecule has 1 amide bonds. The highest BCUT2D eigenvalue weighted by Gasteiger charge is 2.15. The van der Waals surface area contributed by atoms with Crippen molar-refractivity contribution in [2.24, 2.45) is 0 Å². The van der Waals surface area contributed by atoms with Crippen molar-refractivity contribution < 1.29 is 17.9 Å². The summed E-state index contributed by atoms with van der Waals surface area (Å²) in [4.78, 5) is 20.4. The zero-order chi connectivity index (χ0) is 23.1. The van der Waals surface area contributed by atoms with E-state index >= 15 is 0 Å². The molecular formula is C23H26N4O4S. The highest BCUT2D eigenvalue weighted by Crippen LogP contribution is 2.18. The van der Waals surface area contributed by atoms with Gasteiger partial charge in [0.15, 0.2) is 0 Å². The predicted molar refractivity (Wildman–Crippen MR) is 123 cm³/mol. The number of carbonyl (C=O) groups is 1. The maximum atomic E-state index is 12.6. The number of hydrogen-bond donors (Lipinski definition) is 2. The van der Waals surface area contributed by atoms with Crippen LogP contribution in [0.4, 0.5) is 11.5 Å². The minimum absolute atomic E-state index is 0.0657. The van der Waals surface area contributed by atoms with Crippen LogP contribution in [0, 0.1) is 20.8 Å². The van der Waals surface area contributed by atoms with Crippen LogP contribution < -0.4 is 14.8 Å². The first-order chi connectivity index (χ1) is 15.2. The van der Waals surface area contributed by atoms with E-state index in [1.807, 2.05) is 31.2 Å². The van der Waals surface area contributed by atoms with Crippen LogP contribution in [0.3, 0.4) is 0 Å². The van der Waals surface area contributed by atoms with Crippen molar-refractivity contribution in [1.82, 2.24) is 9.97 Å². The van der Waals surface area contributed by atoms with Gasteiger partial charge in [-0.3, -0.25) is 9.52 Å². The number of rotatable bonds is 9. The third-order valence-corrected chi connectivity index (χ3v) is 5.83. The Labute approximate surface area is 188 Å². The maximum Gasteiger partial charge on any atom is 0.263 e. The molecule has 0 atom stereocenters. The fraction of sp³-hybridized carbons (Fsp3) is 0.261. The number of hydrogen-bond acceptors (Lipinski definition) is 6. The number of anilines is 2.